The second-order valence-corrected chi connectivity index (χ2v) is 7.47. The number of anilines is 3. The fraction of sp³-hybridized carbons (Fsp3) is 0.176. The van der Waals surface area contributed by atoms with E-state index in [-0.39, 0.29) is 0 Å². The molecule has 3 rings (SSSR count). The predicted molar refractivity (Wildman–Crippen MR) is 91.1 cm³/mol. The number of aryl methyl sites for hydroxylation is 3. The Labute approximate surface area is 128 Å². The standard InChI is InChI=1S/C17H17NS2/c1-12-4-8-15(9-5-12)18(16-10-6-13(2)19-16)17-11-7-14(3)20-17/h4-11H,1-3H3. The first-order valence-electron chi connectivity index (χ1n) is 6.63. The van der Waals surface area contributed by atoms with Crippen molar-refractivity contribution in [3.63, 3.8) is 0 Å². The van der Waals surface area contributed by atoms with Crippen molar-refractivity contribution in [2.45, 2.75) is 20.8 Å². The molecular formula is C17H17NS2. The number of nitrogens with zero attached hydrogens (tertiary/aromatic N) is 1. The fourth-order valence-electron chi connectivity index (χ4n) is 2.14. The minimum Gasteiger partial charge on any atom is -0.293 e. The van der Waals surface area contributed by atoms with Gasteiger partial charge >= 0.3 is 0 Å². The molecule has 0 aliphatic heterocycles. The lowest BCUT2D eigenvalue weighted by atomic mass is 10.2. The van der Waals surface area contributed by atoms with Gasteiger partial charge in [-0.25, -0.2) is 0 Å². The number of hydrogen-bond donors (Lipinski definition) is 0. The molecule has 0 radical (unpaired) electrons. The van der Waals surface area contributed by atoms with Crippen LogP contribution in [0.3, 0.4) is 0 Å². The van der Waals surface area contributed by atoms with E-state index in [1.807, 2.05) is 22.7 Å². The van der Waals surface area contributed by atoms with E-state index in [2.05, 4.69) is 74.2 Å². The summed E-state index contributed by atoms with van der Waals surface area (Å²) in [6.07, 6.45) is 0. The van der Waals surface area contributed by atoms with Crippen LogP contribution in [0.1, 0.15) is 15.3 Å². The zero-order valence-electron chi connectivity index (χ0n) is 11.9. The highest BCUT2D eigenvalue weighted by molar-refractivity contribution is 7.18. The smallest absolute Gasteiger partial charge is 0.101 e. The summed E-state index contributed by atoms with van der Waals surface area (Å²) in [6.45, 7) is 6.43. The number of benzene rings is 1. The fourth-order valence-corrected chi connectivity index (χ4v) is 3.99. The maximum Gasteiger partial charge on any atom is 0.101 e. The van der Waals surface area contributed by atoms with Crippen molar-refractivity contribution < 1.29 is 0 Å². The van der Waals surface area contributed by atoms with Gasteiger partial charge in [-0.2, -0.15) is 0 Å². The van der Waals surface area contributed by atoms with Crippen LogP contribution in [-0.4, -0.2) is 0 Å². The van der Waals surface area contributed by atoms with Crippen LogP contribution in [0.4, 0.5) is 15.7 Å². The van der Waals surface area contributed by atoms with Gasteiger partial charge in [0.15, 0.2) is 0 Å². The summed E-state index contributed by atoms with van der Waals surface area (Å²) in [6, 6.07) is 17.5. The van der Waals surface area contributed by atoms with E-state index < -0.39 is 0 Å². The summed E-state index contributed by atoms with van der Waals surface area (Å²) in [5, 5.41) is 2.54. The highest BCUT2D eigenvalue weighted by Crippen LogP contribution is 2.41. The predicted octanol–water partition coefficient (Wildman–Crippen LogP) is 6.20. The molecule has 0 unspecified atom stereocenters. The minimum absolute atomic E-state index is 1.22. The van der Waals surface area contributed by atoms with Gasteiger partial charge in [-0.15, -0.1) is 22.7 Å². The van der Waals surface area contributed by atoms with Gasteiger partial charge in [0, 0.05) is 15.4 Å². The van der Waals surface area contributed by atoms with E-state index in [1.54, 1.807) is 0 Å². The summed E-state index contributed by atoms with van der Waals surface area (Å²) >= 11 is 3.66. The van der Waals surface area contributed by atoms with Gasteiger partial charge in [0.25, 0.3) is 0 Å². The molecule has 102 valence electrons. The van der Waals surface area contributed by atoms with Gasteiger partial charge in [-0.1, -0.05) is 17.7 Å². The molecule has 3 heteroatoms. The van der Waals surface area contributed by atoms with Gasteiger partial charge in [-0.05, 0) is 57.2 Å². The highest BCUT2D eigenvalue weighted by Gasteiger charge is 2.15. The number of hydrogen-bond acceptors (Lipinski definition) is 3. The molecule has 0 atom stereocenters. The molecule has 0 saturated heterocycles. The molecule has 0 aliphatic rings. The number of rotatable bonds is 3. The van der Waals surface area contributed by atoms with Crippen LogP contribution in [0.15, 0.2) is 48.5 Å². The Bertz CT molecular complexity index is 666. The molecule has 0 bridgehead atoms. The molecule has 0 spiro atoms. The van der Waals surface area contributed by atoms with E-state index in [0.717, 1.165) is 0 Å². The maximum atomic E-state index is 2.34. The molecule has 0 N–H and O–H groups in total. The Kier molecular flexibility index (Phi) is 3.64. The minimum atomic E-state index is 1.22. The van der Waals surface area contributed by atoms with Crippen LogP contribution in [0.25, 0.3) is 0 Å². The third-order valence-corrected chi connectivity index (χ3v) is 5.16. The molecule has 0 aliphatic carbocycles. The van der Waals surface area contributed by atoms with Crippen molar-refractivity contribution in [2.75, 3.05) is 4.90 Å². The Morgan fingerprint density at radius 2 is 1.15 bits per heavy atom. The van der Waals surface area contributed by atoms with Crippen LogP contribution < -0.4 is 4.90 Å². The summed E-state index contributed by atoms with van der Waals surface area (Å²) in [5.41, 5.74) is 2.51. The van der Waals surface area contributed by atoms with Crippen molar-refractivity contribution in [2.24, 2.45) is 0 Å². The molecule has 1 nitrogen and oxygen atoms in total. The Balaban J connectivity index is 2.10. The second kappa shape index (κ2) is 5.43. The Hall–Kier alpha value is -1.58. The third kappa shape index (κ3) is 2.65. The van der Waals surface area contributed by atoms with Crippen LogP contribution in [0, 0.1) is 20.8 Å². The van der Waals surface area contributed by atoms with Crippen LogP contribution in [-0.2, 0) is 0 Å². The van der Waals surface area contributed by atoms with Crippen LogP contribution in [0.5, 0.6) is 0 Å². The molecule has 2 heterocycles. The van der Waals surface area contributed by atoms with E-state index in [4.69, 9.17) is 0 Å². The third-order valence-electron chi connectivity index (χ3n) is 3.19. The van der Waals surface area contributed by atoms with E-state index in [0.29, 0.717) is 0 Å². The molecule has 0 fully saturated rings. The molecule has 0 saturated carbocycles. The van der Waals surface area contributed by atoms with Crippen molar-refractivity contribution >= 4 is 38.4 Å². The first-order chi connectivity index (χ1) is 9.63. The quantitative estimate of drug-likeness (QED) is 0.556. The van der Waals surface area contributed by atoms with Crippen LogP contribution >= 0.6 is 22.7 Å². The van der Waals surface area contributed by atoms with E-state index in [1.165, 1.54) is 31.0 Å². The summed E-state index contributed by atoms with van der Waals surface area (Å²) in [5.74, 6) is 0. The van der Waals surface area contributed by atoms with E-state index >= 15 is 0 Å². The molecule has 2 aromatic heterocycles. The lowest BCUT2D eigenvalue weighted by Crippen LogP contribution is -2.06. The summed E-state index contributed by atoms with van der Waals surface area (Å²) in [4.78, 5) is 5.02. The maximum absolute atomic E-state index is 2.34. The zero-order valence-corrected chi connectivity index (χ0v) is 13.5. The Morgan fingerprint density at radius 1 is 0.650 bits per heavy atom. The average Bonchev–Trinajstić information content (AvgIpc) is 3.02. The van der Waals surface area contributed by atoms with Crippen LogP contribution in [0.2, 0.25) is 0 Å². The van der Waals surface area contributed by atoms with E-state index in [9.17, 15) is 0 Å². The Morgan fingerprint density at radius 3 is 1.55 bits per heavy atom. The topological polar surface area (TPSA) is 3.24 Å². The van der Waals surface area contributed by atoms with Crippen molar-refractivity contribution in [1.29, 1.82) is 0 Å². The SMILES string of the molecule is Cc1ccc(N(c2ccc(C)s2)c2ccc(C)s2)cc1. The molecule has 1 aromatic carbocycles. The molecular weight excluding hydrogens is 282 g/mol. The van der Waals surface area contributed by atoms with Gasteiger partial charge in [0.2, 0.25) is 0 Å². The molecule has 3 aromatic rings. The molecule has 20 heavy (non-hydrogen) atoms. The highest BCUT2D eigenvalue weighted by atomic mass is 32.1. The van der Waals surface area contributed by atoms with Gasteiger partial charge in [0.1, 0.15) is 10.0 Å². The van der Waals surface area contributed by atoms with Crippen molar-refractivity contribution in [3.05, 3.63) is 63.8 Å². The first kappa shape index (κ1) is 13.4. The second-order valence-electron chi connectivity index (χ2n) is 4.94. The summed E-state index contributed by atoms with van der Waals surface area (Å²) in [7, 11) is 0. The lowest BCUT2D eigenvalue weighted by molar-refractivity contribution is 1.34. The zero-order chi connectivity index (χ0) is 14.1. The monoisotopic (exact) mass is 299 g/mol. The summed E-state index contributed by atoms with van der Waals surface area (Å²) < 4.78 is 0. The van der Waals surface area contributed by atoms with Gasteiger partial charge in [-0.3, -0.25) is 4.90 Å². The first-order valence-corrected chi connectivity index (χ1v) is 8.26. The van der Waals surface area contributed by atoms with Gasteiger partial charge < -0.3 is 0 Å². The number of thiophene rings is 2. The largest absolute Gasteiger partial charge is 0.293 e. The normalized spacial score (nSPS) is 10.8. The van der Waals surface area contributed by atoms with Crippen molar-refractivity contribution in [3.8, 4) is 0 Å². The van der Waals surface area contributed by atoms with Gasteiger partial charge in [0.05, 0.1) is 0 Å². The molecule has 0 amide bonds. The average molecular weight is 299 g/mol. The lowest BCUT2D eigenvalue weighted by Gasteiger charge is -2.21. The van der Waals surface area contributed by atoms with Crippen molar-refractivity contribution in [1.82, 2.24) is 0 Å².